The zero-order valence-corrected chi connectivity index (χ0v) is 9.25. The maximum absolute atomic E-state index is 10.8. The summed E-state index contributed by atoms with van der Waals surface area (Å²) in [5.41, 5.74) is 1.96. The fourth-order valence-electron chi connectivity index (χ4n) is 1.71. The molecule has 0 atom stereocenters. The van der Waals surface area contributed by atoms with E-state index < -0.39 is 5.97 Å². The van der Waals surface area contributed by atoms with E-state index in [9.17, 15) is 4.79 Å². The molecule has 16 heavy (non-hydrogen) atoms. The van der Waals surface area contributed by atoms with E-state index >= 15 is 0 Å². The Morgan fingerprint density at radius 2 is 2.19 bits per heavy atom. The fraction of sp³-hybridized carbons (Fsp3) is 0.273. The lowest BCUT2D eigenvalue weighted by molar-refractivity contribution is 0.0697. The summed E-state index contributed by atoms with van der Waals surface area (Å²) >= 11 is 0. The van der Waals surface area contributed by atoms with E-state index in [-0.39, 0.29) is 12.4 Å². The molecule has 1 aromatic carbocycles. The Balaban J connectivity index is 0.000000963. The van der Waals surface area contributed by atoms with Crippen LogP contribution in [0.1, 0.15) is 34.9 Å². The molecular weight excluding hydrogens is 228 g/mol. The molecule has 1 saturated carbocycles. The largest absolute Gasteiger partial charge is 0.478 e. The minimum Gasteiger partial charge on any atom is -0.478 e. The third-order valence-corrected chi connectivity index (χ3v) is 2.71. The van der Waals surface area contributed by atoms with Crippen LogP contribution in [0.25, 0.3) is 11.0 Å². The smallest absolute Gasteiger partial charge is 0.335 e. The number of aromatic nitrogens is 2. The van der Waals surface area contributed by atoms with Crippen LogP contribution in [-0.4, -0.2) is 21.0 Å². The van der Waals surface area contributed by atoms with Gasteiger partial charge in [-0.05, 0) is 31.0 Å². The van der Waals surface area contributed by atoms with E-state index in [0.717, 1.165) is 16.9 Å². The molecule has 1 aliphatic rings. The van der Waals surface area contributed by atoms with Crippen molar-refractivity contribution in [3.8, 4) is 0 Å². The van der Waals surface area contributed by atoms with Crippen LogP contribution in [0.15, 0.2) is 18.2 Å². The molecular formula is C11H11ClN2O2. The van der Waals surface area contributed by atoms with E-state index in [1.165, 1.54) is 12.8 Å². The first-order valence-corrected chi connectivity index (χ1v) is 4.97. The average molecular weight is 239 g/mol. The molecule has 0 amide bonds. The molecule has 1 aromatic heterocycles. The Morgan fingerprint density at radius 1 is 1.44 bits per heavy atom. The molecule has 0 bridgehead atoms. The third kappa shape index (κ3) is 1.76. The van der Waals surface area contributed by atoms with Gasteiger partial charge in [0.15, 0.2) is 0 Å². The number of H-pyrrole nitrogens is 1. The van der Waals surface area contributed by atoms with Crippen LogP contribution in [0, 0.1) is 0 Å². The SMILES string of the molecule is Cl.O=C(O)c1ccc2nc(C3CC3)[nH]c2c1. The van der Waals surface area contributed by atoms with Crippen molar-refractivity contribution in [1.29, 1.82) is 0 Å². The standard InChI is InChI=1S/C11H10N2O2.ClH/c14-11(15)7-3-4-8-9(5-7)13-10(12-8)6-1-2-6;/h3-6H,1-2H2,(H,12,13)(H,14,15);1H. The van der Waals surface area contributed by atoms with Gasteiger partial charge in [-0.2, -0.15) is 0 Å². The molecule has 3 rings (SSSR count). The van der Waals surface area contributed by atoms with Gasteiger partial charge in [0.2, 0.25) is 0 Å². The molecule has 0 radical (unpaired) electrons. The zero-order valence-electron chi connectivity index (χ0n) is 8.43. The molecule has 4 nitrogen and oxygen atoms in total. The highest BCUT2D eigenvalue weighted by Crippen LogP contribution is 2.38. The molecule has 0 saturated heterocycles. The van der Waals surface area contributed by atoms with Crippen LogP contribution in [0.5, 0.6) is 0 Å². The first-order valence-electron chi connectivity index (χ1n) is 4.97. The van der Waals surface area contributed by atoms with Crippen molar-refractivity contribution in [1.82, 2.24) is 9.97 Å². The second kappa shape index (κ2) is 3.79. The fourth-order valence-corrected chi connectivity index (χ4v) is 1.71. The van der Waals surface area contributed by atoms with Crippen LogP contribution < -0.4 is 0 Å². The number of nitrogens with zero attached hydrogens (tertiary/aromatic N) is 1. The summed E-state index contributed by atoms with van der Waals surface area (Å²) in [6, 6.07) is 4.97. The molecule has 1 fully saturated rings. The van der Waals surface area contributed by atoms with Crippen LogP contribution in [-0.2, 0) is 0 Å². The van der Waals surface area contributed by atoms with Crippen LogP contribution in [0.4, 0.5) is 0 Å². The number of rotatable bonds is 2. The first kappa shape index (κ1) is 11.0. The maximum Gasteiger partial charge on any atom is 0.335 e. The van der Waals surface area contributed by atoms with Crippen molar-refractivity contribution in [2.24, 2.45) is 0 Å². The third-order valence-electron chi connectivity index (χ3n) is 2.71. The summed E-state index contributed by atoms with van der Waals surface area (Å²) in [7, 11) is 0. The van der Waals surface area contributed by atoms with E-state index in [1.807, 2.05) is 0 Å². The van der Waals surface area contributed by atoms with Gasteiger partial charge in [-0.3, -0.25) is 0 Å². The molecule has 2 aromatic rings. The Morgan fingerprint density at radius 3 is 2.81 bits per heavy atom. The number of carbonyl (C=O) groups is 1. The maximum atomic E-state index is 10.8. The van der Waals surface area contributed by atoms with Crippen LogP contribution in [0.2, 0.25) is 0 Å². The number of hydrogen-bond acceptors (Lipinski definition) is 2. The van der Waals surface area contributed by atoms with Gasteiger partial charge >= 0.3 is 5.97 Å². The minimum atomic E-state index is -0.903. The van der Waals surface area contributed by atoms with E-state index in [2.05, 4.69) is 9.97 Å². The Kier molecular flexibility index (Phi) is 2.59. The van der Waals surface area contributed by atoms with Gasteiger partial charge in [-0.15, -0.1) is 12.4 Å². The summed E-state index contributed by atoms with van der Waals surface area (Å²) in [6.07, 6.45) is 2.37. The zero-order chi connectivity index (χ0) is 10.4. The average Bonchev–Trinajstić information content (AvgIpc) is 2.97. The van der Waals surface area contributed by atoms with Crippen molar-refractivity contribution >= 4 is 29.4 Å². The summed E-state index contributed by atoms with van der Waals surface area (Å²) in [5.74, 6) is 0.651. The quantitative estimate of drug-likeness (QED) is 0.845. The summed E-state index contributed by atoms with van der Waals surface area (Å²) in [6.45, 7) is 0. The highest BCUT2D eigenvalue weighted by atomic mass is 35.5. The summed E-state index contributed by atoms with van der Waals surface area (Å²) < 4.78 is 0. The lowest BCUT2D eigenvalue weighted by Gasteiger charge is -1.92. The van der Waals surface area contributed by atoms with Crippen molar-refractivity contribution in [3.05, 3.63) is 29.6 Å². The van der Waals surface area contributed by atoms with Gasteiger partial charge in [0.1, 0.15) is 5.82 Å². The highest BCUT2D eigenvalue weighted by molar-refractivity contribution is 5.92. The number of aromatic carboxylic acids is 1. The second-order valence-corrected chi connectivity index (χ2v) is 3.93. The van der Waals surface area contributed by atoms with Gasteiger partial charge in [0.25, 0.3) is 0 Å². The van der Waals surface area contributed by atoms with Gasteiger partial charge in [0.05, 0.1) is 16.6 Å². The van der Waals surface area contributed by atoms with Gasteiger partial charge in [-0.1, -0.05) is 0 Å². The molecule has 1 heterocycles. The van der Waals surface area contributed by atoms with Crippen LogP contribution in [0.3, 0.4) is 0 Å². The highest BCUT2D eigenvalue weighted by Gasteiger charge is 2.26. The van der Waals surface area contributed by atoms with Crippen molar-refractivity contribution in [2.45, 2.75) is 18.8 Å². The van der Waals surface area contributed by atoms with Crippen molar-refractivity contribution in [2.75, 3.05) is 0 Å². The van der Waals surface area contributed by atoms with Crippen LogP contribution >= 0.6 is 12.4 Å². The predicted octanol–water partition coefficient (Wildman–Crippen LogP) is 2.56. The number of fused-ring (bicyclic) bond motifs is 1. The van der Waals surface area contributed by atoms with E-state index in [1.54, 1.807) is 18.2 Å². The van der Waals surface area contributed by atoms with Crippen molar-refractivity contribution < 1.29 is 9.90 Å². The molecule has 0 aliphatic heterocycles. The lowest BCUT2D eigenvalue weighted by atomic mass is 10.2. The minimum absolute atomic E-state index is 0. The summed E-state index contributed by atoms with van der Waals surface area (Å²) in [4.78, 5) is 18.4. The predicted molar refractivity (Wildman–Crippen MR) is 62.3 cm³/mol. The number of carboxylic acid groups (broad SMARTS) is 1. The Labute approximate surface area is 98.1 Å². The monoisotopic (exact) mass is 238 g/mol. The molecule has 5 heteroatoms. The second-order valence-electron chi connectivity index (χ2n) is 3.93. The number of aromatic amines is 1. The topological polar surface area (TPSA) is 66.0 Å². The van der Waals surface area contributed by atoms with E-state index in [4.69, 9.17) is 5.11 Å². The van der Waals surface area contributed by atoms with Crippen molar-refractivity contribution in [3.63, 3.8) is 0 Å². The van der Waals surface area contributed by atoms with E-state index in [0.29, 0.717) is 11.5 Å². The molecule has 84 valence electrons. The number of benzene rings is 1. The number of nitrogens with one attached hydrogen (secondary N) is 1. The lowest BCUT2D eigenvalue weighted by Crippen LogP contribution is -1.94. The molecule has 2 N–H and O–H groups in total. The number of imidazole rings is 1. The number of hydrogen-bond donors (Lipinski definition) is 2. The van der Waals surface area contributed by atoms with Gasteiger partial charge in [0, 0.05) is 5.92 Å². The first-order chi connectivity index (χ1) is 7.24. The normalized spacial score (nSPS) is 14.8. The summed E-state index contributed by atoms with van der Waals surface area (Å²) in [5, 5.41) is 8.84. The van der Waals surface area contributed by atoms with Gasteiger partial charge < -0.3 is 10.1 Å². The Bertz CT molecular complexity index is 546. The molecule has 1 aliphatic carbocycles. The number of carboxylic acids is 1. The Hall–Kier alpha value is -1.55. The molecule has 0 spiro atoms. The molecule has 0 unspecified atom stereocenters. The number of halogens is 1. The van der Waals surface area contributed by atoms with Gasteiger partial charge in [-0.25, -0.2) is 9.78 Å².